The number of benzene rings is 1. The number of aromatic nitrogens is 3. The molecule has 7 nitrogen and oxygen atoms in total. The van der Waals surface area contributed by atoms with Gasteiger partial charge in [0.2, 0.25) is 0 Å². The zero-order chi connectivity index (χ0) is 19.3. The second-order valence-electron chi connectivity index (χ2n) is 7.19. The average molecular weight is 506 g/mol. The third-order valence-corrected chi connectivity index (χ3v) is 4.86. The monoisotopic (exact) mass is 506 g/mol. The minimum Gasteiger partial charge on any atom is -0.493 e. The van der Waals surface area contributed by atoms with Gasteiger partial charge in [-0.3, -0.25) is 9.39 Å². The third-order valence-electron chi connectivity index (χ3n) is 4.86. The Labute approximate surface area is 188 Å². The smallest absolute Gasteiger partial charge is 0.191 e. The molecule has 2 N–H and O–H groups in total. The molecule has 8 heteroatoms. The molecule has 1 aliphatic rings. The fraction of sp³-hybridized carbons (Fsp3) is 0.381. The number of fused-ring (bicyclic) bond motifs is 1. The van der Waals surface area contributed by atoms with Crippen LogP contribution in [0, 0.1) is 12.8 Å². The van der Waals surface area contributed by atoms with Gasteiger partial charge in [0, 0.05) is 25.4 Å². The van der Waals surface area contributed by atoms with E-state index < -0.39 is 0 Å². The van der Waals surface area contributed by atoms with Gasteiger partial charge in [0.05, 0.1) is 13.2 Å². The Kier molecular flexibility index (Phi) is 7.29. The normalized spacial score (nSPS) is 13.8. The Hall–Kier alpha value is -2.36. The van der Waals surface area contributed by atoms with Gasteiger partial charge in [-0.1, -0.05) is 18.2 Å². The number of aliphatic imine (C=N–C) groups is 1. The molecule has 0 atom stereocenters. The van der Waals surface area contributed by atoms with Crippen molar-refractivity contribution < 1.29 is 4.74 Å². The molecule has 1 fully saturated rings. The number of nitrogens with zero attached hydrogens (tertiary/aromatic N) is 4. The Morgan fingerprint density at radius 2 is 2.00 bits per heavy atom. The van der Waals surface area contributed by atoms with Crippen molar-refractivity contribution in [3.8, 4) is 5.75 Å². The van der Waals surface area contributed by atoms with Crippen LogP contribution < -0.4 is 15.4 Å². The van der Waals surface area contributed by atoms with Crippen LogP contribution in [0.5, 0.6) is 5.75 Å². The maximum atomic E-state index is 6.05. The molecule has 3 aromatic rings. The summed E-state index contributed by atoms with van der Waals surface area (Å²) in [6.07, 6.45) is 4.53. The maximum absolute atomic E-state index is 6.05. The van der Waals surface area contributed by atoms with Crippen LogP contribution in [0.15, 0.2) is 47.6 Å². The van der Waals surface area contributed by atoms with Crippen molar-refractivity contribution in [2.45, 2.75) is 32.9 Å². The van der Waals surface area contributed by atoms with Crippen molar-refractivity contribution in [3.63, 3.8) is 0 Å². The third kappa shape index (κ3) is 5.59. The van der Waals surface area contributed by atoms with Gasteiger partial charge < -0.3 is 15.4 Å². The summed E-state index contributed by atoms with van der Waals surface area (Å²) in [6.45, 7) is 4.07. The van der Waals surface area contributed by atoms with Gasteiger partial charge in [0.15, 0.2) is 17.4 Å². The first-order valence-corrected chi connectivity index (χ1v) is 9.68. The average Bonchev–Trinajstić information content (AvgIpc) is 3.46. The van der Waals surface area contributed by atoms with Gasteiger partial charge in [-0.2, -0.15) is 0 Å². The van der Waals surface area contributed by atoms with Crippen LogP contribution in [0.4, 0.5) is 0 Å². The molecule has 1 saturated carbocycles. The SMILES string of the molecule is CN=C(NCc1ccc(C)cc1OCC1CC1)NCc1nnc2ccccn12.I. The molecule has 29 heavy (non-hydrogen) atoms. The van der Waals surface area contributed by atoms with Gasteiger partial charge in [0.1, 0.15) is 5.75 Å². The molecule has 0 bridgehead atoms. The molecule has 0 radical (unpaired) electrons. The number of hydrogen-bond donors (Lipinski definition) is 2. The summed E-state index contributed by atoms with van der Waals surface area (Å²) < 4.78 is 8.02. The lowest BCUT2D eigenvalue weighted by Gasteiger charge is -2.15. The van der Waals surface area contributed by atoms with Crippen LogP contribution in [-0.4, -0.2) is 34.2 Å². The lowest BCUT2D eigenvalue weighted by Crippen LogP contribution is -2.36. The first-order chi connectivity index (χ1) is 13.7. The number of halogens is 1. The van der Waals surface area contributed by atoms with Gasteiger partial charge >= 0.3 is 0 Å². The van der Waals surface area contributed by atoms with Crippen LogP contribution in [0.2, 0.25) is 0 Å². The van der Waals surface area contributed by atoms with E-state index in [4.69, 9.17) is 4.74 Å². The van der Waals surface area contributed by atoms with E-state index >= 15 is 0 Å². The van der Waals surface area contributed by atoms with E-state index in [0.29, 0.717) is 19.0 Å². The number of guanidine groups is 1. The van der Waals surface area contributed by atoms with E-state index in [-0.39, 0.29) is 24.0 Å². The fourth-order valence-electron chi connectivity index (χ4n) is 3.01. The van der Waals surface area contributed by atoms with E-state index in [1.165, 1.54) is 18.4 Å². The van der Waals surface area contributed by atoms with Crippen molar-refractivity contribution in [2.24, 2.45) is 10.9 Å². The minimum absolute atomic E-state index is 0. The highest BCUT2D eigenvalue weighted by atomic mass is 127. The number of pyridine rings is 1. The van der Waals surface area contributed by atoms with Crippen LogP contribution in [-0.2, 0) is 13.1 Å². The van der Waals surface area contributed by atoms with E-state index in [0.717, 1.165) is 35.3 Å². The lowest BCUT2D eigenvalue weighted by molar-refractivity contribution is 0.296. The molecule has 2 aromatic heterocycles. The number of aryl methyl sites for hydroxylation is 1. The molecular formula is C21H27IN6O. The zero-order valence-electron chi connectivity index (χ0n) is 16.8. The van der Waals surface area contributed by atoms with E-state index in [9.17, 15) is 0 Å². The Balaban J connectivity index is 0.00000240. The number of ether oxygens (including phenoxy) is 1. The fourth-order valence-corrected chi connectivity index (χ4v) is 3.01. The minimum atomic E-state index is 0. The first-order valence-electron chi connectivity index (χ1n) is 9.68. The summed E-state index contributed by atoms with van der Waals surface area (Å²) in [5, 5.41) is 15.1. The standard InChI is InChI=1S/C21H26N6O.HI/c1-15-6-9-17(18(11-15)28-14-16-7-8-16)12-23-21(22-2)24-13-20-26-25-19-5-3-4-10-27(19)20;/h3-6,9-11,16H,7-8,12-14H2,1-2H3,(H2,22,23,24);1H. The Morgan fingerprint density at radius 1 is 1.17 bits per heavy atom. The molecule has 4 rings (SSSR count). The molecule has 0 amide bonds. The van der Waals surface area contributed by atoms with Crippen LogP contribution in [0.3, 0.4) is 0 Å². The molecule has 0 saturated heterocycles. The van der Waals surface area contributed by atoms with E-state index in [1.807, 2.05) is 28.8 Å². The predicted octanol–water partition coefficient (Wildman–Crippen LogP) is 3.31. The molecule has 2 heterocycles. The first kappa shape index (κ1) is 21.4. The highest BCUT2D eigenvalue weighted by molar-refractivity contribution is 14.0. The maximum Gasteiger partial charge on any atom is 0.191 e. The molecular weight excluding hydrogens is 479 g/mol. The molecule has 0 spiro atoms. The summed E-state index contributed by atoms with van der Waals surface area (Å²) in [5.41, 5.74) is 3.16. The second kappa shape index (κ2) is 9.91. The van der Waals surface area contributed by atoms with Gasteiger partial charge in [-0.15, -0.1) is 34.2 Å². The van der Waals surface area contributed by atoms with Crippen molar-refractivity contribution in [3.05, 3.63) is 59.5 Å². The zero-order valence-corrected chi connectivity index (χ0v) is 19.1. The quantitative estimate of drug-likeness (QED) is 0.292. The second-order valence-corrected chi connectivity index (χ2v) is 7.19. The summed E-state index contributed by atoms with van der Waals surface area (Å²) in [4.78, 5) is 4.31. The van der Waals surface area contributed by atoms with Crippen LogP contribution >= 0.6 is 24.0 Å². The molecule has 1 aliphatic carbocycles. The van der Waals surface area contributed by atoms with Gasteiger partial charge in [-0.05, 0) is 49.4 Å². The topological polar surface area (TPSA) is 75.8 Å². The van der Waals surface area contributed by atoms with Crippen molar-refractivity contribution in [2.75, 3.05) is 13.7 Å². The molecule has 1 aromatic carbocycles. The van der Waals surface area contributed by atoms with Crippen LogP contribution in [0.25, 0.3) is 5.65 Å². The van der Waals surface area contributed by atoms with Gasteiger partial charge in [0.25, 0.3) is 0 Å². The van der Waals surface area contributed by atoms with E-state index in [1.54, 1.807) is 7.05 Å². The molecule has 0 aliphatic heterocycles. The predicted molar refractivity (Wildman–Crippen MR) is 125 cm³/mol. The molecule has 154 valence electrons. The summed E-state index contributed by atoms with van der Waals surface area (Å²) in [5.74, 6) is 3.23. The Bertz CT molecular complexity index is 982. The number of nitrogens with one attached hydrogen (secondary N) is 2. The lowest BCUT2D eigenvalue weighted by atomic mass is 10.1. The van der Waals surface area contributed by atoms with Crippen molar-refractivity contribution >= 4 is 35.6 Å². The Morgan fingerprint density at radius 3 is 2.79 bits per heavy atom. The van der Waals surface area contributed by atoms with Gasteiger partial charge in [-0.25, -0.2) is 0 Å². The summed E-state index contributed by atoms with van der Waals surface area (Å²) in [7, 11) is 1.76. The van der Waals surface area contributed by atoms with Crippen molar-refractivity contribution in [1.82, 2.24) is 25.2 Å². The van der Waals surface area contributed by atoms with Crippen molar-refractivity contribution in [1.29, 1.82) is 0 Å². The van der Waals surface area contributed by atoms with E-state index in [2.05, 4.69) is 50.9 Å². The largest absolute Gasteiger partial charge is 0.493 e. The summed E-state index contributed by atoms with van der Waals surface area (Å²) >= 11 is 0. The highest BCUT2D eigenvalue weighted by Crippen LogP contribution is 2.30. The summed E-state index contributed by atoms with van der Waals surface area (Å²) in [6, 6.07) is 12.2. The number of rotatable bonds is 7. The highest BCUT2D eigenvalue weighted by Gasteiger charge is 2.22. The number of hydrogen-bond acceptors (Lipinski definition) is 4. The van der Waals surface area contributed by atoms with Crippen LogP contribution in [0.1, 0.15) is 29.8 Å². The molecule has 0 unspecified atom stereocenters.